The van der Waals surface area contributed by atoms with E-state index in [1.54, 1.807) is 12.1 Å². The van der Waals surface area contributed by atoms with E-state index in [9.17, 15) is 4.79 Å². The summed E-state index contributed by atoms with van der Waals surface area (Å²) in [6.07, 6.45) is 0.587. The largest absolute Gasteiger partial charge is 0.496 e. The number of hydrogen-bond donors (Lipinski definition) is 0. The van der Waals surface area contributed by atoms with E-state index >= 15 is 0 Å². The lowest BCUT2D eigenvalue weighted by Crippen LogP contribution is -1.94. The molecule has 0 N–H and O–H groups in total. The Labute approximate surface area is 109 Å². The Morgan fingerprint density at radius 2 is 1.63 bits per heavy atom. The molecule has 1 heterocycles. The van der Waals surface area contributed by atoms with Gasteiger partial charge in [-0.15, -0.1) is 0 Å². The Hall–Kier alpha value is -2.50. The van der Waals surface area contributed by atoms with Crippen LogP contribution in [0.2, 0.25) is 0 Å². The molecule has 0 bridgehead atoms. The first kappa shape index (κ1) is 12.9. The third kappa shape index (κ3) is 2.37. The zero-order chi connectivity index (χ0) is 13.8. The van der Waals surface area contributed by atoms with Crippen LogP contribution >= 0.6 is 0 Å². The molecule has 0 fully saturated rings. The van der Waals surface area contributed by atoms with Crippen molar-refractivity contribution >= 4 is 6.29 Å². The summed E-state index contributed by atoms with van der Waals surface area (Å²) in [6.45, 7) is 0. The van der Waals surface area contributed by atoms with Gasteiger partial charge >= 0.3 is 0 Å². The van der Waals surface area contributed by atoms with Crippen molar-refractivity contribution in [2.24, 2.45) is 0 Å². The maximum atomic E-state index is 10.6. The monoisotopic (exact) mass is 263 g/mol. The molecule has 1 aromatic heterocycles. The lowest BCUT2D eigenvalue weighted by molar-refractivity contribution is 0.109. The van der Waals surface area contributed by atoms with Crippen molar-refractivity contribution in [3.05, 3.63) is 24.0 Å². The summed E-state index contributed by atoms with van der Waals surface area (Å²) in [5.74, 6) is 1.77. The summed E-state index contributed by atoms with van der Waals surface area (Å²) in [4.78, 5) is 10.6. The van der Waals surface area contributed by atoms with Gasteiger partial charge in [-0.1, -0.05) is 5.16 Å². The molecule has 1 aromatic carbocycles. The summed E-state index contributed by atoms with van der Waals surface area (Å²) in [5.41, 5.74) is 1.14. The summed E-state index contributed by atoms with van der Waals surface area (Å²) in [6, 6.07) is 4.92. The van der Waals surface area contributed by atoms with E-state index in [0.29, 0.717) is 34.8 Å². The minimum absolute atomic E-state index is 0.145. The average Bonchev–Trinajstić information content (AvgIpc) is 2.94. The maximum Gasteiger partial charge on any atom is 0.199 e. The first-order valence-corrected chi connectivity index (χ1v) is 5.45. The second-order valence-electron chi connectivity index (χ2n) is 3.64. The number of ether oxygens (including phenoxy) is 3. The van der Waals surface area contributed by atoms with Crippen LogP contribution in [0.3, 0.4) is 0 Å². The van der Waals surface area contributed by atoms with Gasteiger partial charge < -0.3 is 18.7 Å². The van der Waals surface area contributed by atoms with Gasteiger partial charge in [0.15, 0.2) is 23.5 Å². The number of aldehydes is 1. The van der Waals surface area contributed by atoms with Gasteiger partial charge in [-0.25, -0.2) is 0 Å². The van der Waals surface area contributed by atoms with Gasteiger partial charge in [-0.05, 0) is 6.07 Å². The fourth-order valence-electron chi connectivity index (χ4n) is 1.70. The zero-order valence-corrected chi connectivity index (χ0v) is 10.8. The SMILES string of the molecule is COc1cc(OC)c(-c2cc(C=O)on2)cc1OC. The van der Waals surface area contributed by atoms with Crippen LogP contribution in [0.5, 0.6) is 17.2 Å². The lowest BCUT2D eigenvalue weighted by atomic mass is 10.1. The number of benzene rings is 1. The third-order valence-electron chi connectivity index (χ3n) is 2.63. The first-order valence-electron chi connectivity index (χ1n) is 5.45. The quantitative estimate of drug-likeness (QED) is 0.770. The van der Waals surface area contributed by atoms with Crippen LogP contribution in [-0.2, 0) is 0 Å². The van der Waals surface area contributed by atoms with Gasteiger partial charge in [0.05, 0.1) is 21.3 Å². The molecule has 0 spiro atoms. The highest BCUT2D eigenvalue weighted by Gasteiger charge is 2.16. The predicted octanol–water partition coefficient (Wildman–Crippen LogP) is 2.18. The van der Waals surface area contributed by atoms with Gasteiger partial charge in [-0.3, -0.25) is 4.79 Å². The first-order chi connectivity index (χ1) is 9.23. The van der Waals surface area contributed by atoms with Gasteiger partial charge in [0.1, 0.15) is 11.4 Å². The topological polar surface area (TPSA) is 70.8 Å². The van der Waals surface area contributed by atoms with E-state index < -0.39 is 0 Å². The van der Waals surface area contributed by atoms with Crippen LogP contribution < -0.4 is 14.2 Å². The molecule has 0 saturated carbocycles. The van der Waals surface area contributed by atoms with Crippen molar-refractivity contribution in [3.8, 4) is 28.5 Å². The van der Waals surface area contributed by atoms with Gasteiger partial charge in [0.2, 0.25) is 0 Å². The van der Waals surface area contributed by atoms with Crippen molar-refractivity contribution in [1.82, 2.24) is 5.16 Å². The molecule has 2 aromatic rings. The van der Waals surface area contributed by atoms with Crippen molar-refractivity contribution in [1.29, 1.82) is 0 Å². The molecule has 0 amide bonds. The molecule has 100 valence electrons. The Balaban J connectivity index is 2.57. The molecule has 6 nitrogen and oxygen atoms in total. The van der Waals surface area contributed by atoms with E-state index in [4.69, 9.17) is 18.7 Å². The molecular formula is C13H13NO5. The molecule has 0 saturated heterocycles. The molecule has 0 aliphatic rings. The molecule has 0 unspecified atom stereocenters. The van der Waals surface area contributed by atoms with E-state index in [0.717, 1.165) is 0 Å². The number of carbonyl (C=O) groups is 1. The van der Waals surface area contributed by atoms with Crippen molar-refractivity contribution in [2.45, 2.75) is 0 Å². The van der Waals surface area contributed by atoms with Gasteiger partial charge in [0.25, 0.3) is 0 Å². The highest BCUT2D eigenvalue weighted by atomic mass is 16.5. The fraction of sp³-hybridized carbons (Fsp3) is 0.231. The molecule has 0 aliphatic carbocycles. The van der Waals surface area contributed by atoms with Crippen LogP contribution in [-0.4, -0.2) is 32.8 Å². The maximum absolute atomic E-state index is 10.6. The molecule has 19 heavy (non-hydrogen) atoms. The minimum atomic E-state index is 0.145. The zero-order valence-electron chi connectivity index (χ0n) is 10.8. The molecule has 0 radical (unpaired) electrons. The van der Waals surface area contributed by atoms with E-state index in [2.05, 4.69) is 5.16 Å². The van der Waals surface area contributed by atoms with E-state index in [1.807, 2.05) is 0 Å². The van der Waals surface area contributed by atoms with E-state index in [-0.39, 0.29) is 5.76 Å². The van der Waals surface area contributed by atoms with Crippen molar-refractivity contribution < 1.29 is 23.5 Å². The van der Waals surface area contributed by atoms with Crippen LogP contribution in [0, 0.1) is 0 Å². The number of nitrogens with zero attached hydrogens (tertiary/aromatic N) is 1. The summed E-state index contributed by atoms with van der Waals surface area (Å²) in [7, 11) is 4.61. The number of carbonyl (C=O) groups excluding carboxylic acids is 1. The Morgan fingerprint density at radius 3 is 2.16 bits per heavy atom. The van der Waals surface area contributed by atoms with Gasteiger partial charge in [-0.2, -0.15) is 0 Å². The fourth-order valence-corrected chi connectivity index (χ4v) is 1.70. The highest BCUT2D eigenvalue weighted by Crippen LogP contribution is 2.39. The Bertz CT molecular complexity index is 591. The standard InChI is InChI=1S/C13H13NO5/c1-16-11-6-13(18-3)12(17-2)5-9(11)10-4-8(7-15)19-14-10/h4-7H,1-3H3. The molecule has 0 atom stereocenters. The Morgan fingerprint density at radius 1 is 1.00 bits per heavy atom. The Kier molecular flexibility index (Phi) is 3.70. The number of aromatic nitrogens is 1. The highest BCUT2D eigenvalue weighted by molar-refractivity contribution is 5.77. The van der Waals surface area contributed by atoms with Crippen LogP contribution in [0.25, 0.3) is 11.3 Å². The van der Waals surface area contributed by atoms with E-state index in [1.165, 1.54) is 27.4 Å². The second-order valence-corrected chi connectivity index (χ2v) is 3.64. The predicted molar refractivity (Wildman–Crippen MR) is 67.0 cm³/mol. The molecule has 0 aliphatic heterocycles. The molecular weight excluding hydrogens is 250 g/mol. The summed E-state index contributed by atoms with van der Waals surface area (Å²) >= 11 is 0. The second kappa shape index (κ2) is 5.43. The smallest absolute Gasteiger partial charge is 0.199 e. The number of rotatable bonds is 5. The van der Waals surface area contributed by atoms with Crippen LogP contribution in [0.1, 0.15) is 10.6 Å². The van der Waals surface area contributed by atoms with Crippen molar-refractivity contribution in [3.63, 3.8) is 0 Å². The van der Waals surface area contributed by atoms with Gasteiger partial charge in [0, 0.05) is 17.7 Å². The van der Waals surface area contributed by atoms with Crippen LogP contribution in [0.15, 0.2) is 22.7 Å². The van der Waals surface area contributed by atoms with Crippen molar-refractivity contribution in [2.75, 3.05) is 21.3 Å². The average molecular weight is 263 g/mol. The number of hydrogen-bond acceptors (Lipinski definition) is 6. The minimum Gasteiger partial charge on any atom is -0.496 e. The summed E-state index contributed by atoms with van der Waals surface area (Å²) in [5, 5.41) is 3.81. The number of methoxy groups -OCH3 is 3. The lowest BCUT2D eigenvalue weighted by Gasteiger charge is -2.12. The normalized spacial score (nSPS) is 10.1. The third-order valence-corrected chi connectivity index (χ3v) is 2.63. The summed E-state index contributed by atoms with van der Waals surface area (Å²) < 4.78 is 20.5. The molecule has 2 rings (SSSR count). The van der Waals surface area contributed by atoms with Crippen LogP contribution in [0.4, 0.5) is 0 Å². The molecule has 6 heteroatoms.